The molecule has 82 valence electrons. The summed E-state index contributed by atoms with van der Waals surface area (Å²) in [5.41, 5.74) is 1.40. The first-order valence-corrected chi connectivity index (χ1v) is 5.73. The molecule has 3 heteroatoms. The molecule has 15 heavy (non-hydrogen) atoms. The summed E-state index contributed by atoms with van der Waals surface area (Å²) in [6, 6.07) is 10.5. The van der Waals surface area contributed by atoms with Gasteiger partial charge in [-0.05, 0) is 12.0 Å². The van der Waals surface area contributed by atoms with Crippen molar-refractivity contribution >= 4 is 22.4 Å². The molecule has 0 aromatic heterocycles. The lowest BCUT2D eigenvalue weighted by Crippen LogP contribution is -1.83. The van der Waals surface area contributed by atoms with Crippen LogP contribution < -0.4 is 0 Å². The van der Waals surface area contributed by atoms with Gasteiger partial charge in [0, 0.05) is 5.33 Å². The third kappa shape index (κ3) is 9.22. The van der Waals surface area contributed by atoms with Crippen molar-refractivity contribution in [3.8, 4) is 0 Å². The van der Waals surface area contributed by atoms with Gasteiger partial charge in [0.15, 0.2) is 0 Å². The van der Waals surface area contributed by atoms with E-state index >= 15 is 0 Å². The van der Waals surface area contributed by atoms with Crippen molar-refractivity contribution in [2.24, 2.45) is 0 Å². The molecule has 0 atom stereocenters. The Morgan fingerprint density at radius 2 is 2.00 bits per heavy atom. The van der Waals surface area contributed by atoms with E-state index in [-0.39, 0.29) is 0 Å². The summed E-state index contributed by atoms with van der Waals surface area (Å²) < 4.78 is 4.18. The summed E-state index contributed by atoms with van der Waals surface area (Å²) in [5, 5.41) is 1.05. The molecule has 0 saturated heterocycles. The SMILES string of the molecule is BrCCc1ccccc1.C=CCOC=O. The van der Waals surface area contributed by atoms with Gasteiger partial charge < -0.3 is 4.74 Å². The molecule has 0 aliphatic carbocycles. The van der Waals surface area contributed by atoms with E-state index in [0.717, 1.165) is 11.8 Å². The maximum atomic E-state index is 9.29. The Morgan fingerprint density at radius 1 is 1.33 bits per heavy atom. The van der Waals surface area contributed by atoms with Crippen molar-refractivity contribution in [1.29, 1.82) is 0 Å². The van der Waals surface area contributed by atoms with Gasteiger partial charge in [0.2, 0.25) is 0 Å². The third-order valence-corrected chi connectivity index (χ3v) is 1.90. The first-order valence-electron chi connectivity index (χ1n) is 4.61. The molecular formula is C12H15BrO2. The smallest absolute Gasteiger partial charge is 0.293 e. The molecule has 0 fully saturated rings. The van der Waals surface area contributed by atoms with Crippen molar-refractivity contribution in [2.45, 2.75) is 6.42 Å². The molecular weight excluding hydrogens is 256 g/mol. The maximum absolute atomic E-state index is 9.29. The third-order valence-electron chi connectivity index (χ3n) is 1.51. The number of aryl methyl sites for hydroxylation is 1. The topological polar surface area (TPSA) is 26.3 Å². The van der Waals surface area contributed by atoms with E-state index in [0.29, 0.717) is 13.1 Å². The summed E-state index contributed by atoms with van der Waals surface area (Å²) in [6.45, 7) is 4.01. The monoisotopic (exact) mass is 270 g/mol. The maximum Gasteiger partial charge on any atom is 0.293 e. The van der Waals surface area contributed by atoms with Crippen LogP contribution in [0, 0.1) is 0 Å². The lowest BCUT2D eigenvalue weighted by atomic mass is 10.2. The zero-order valence-electron chi connectivity index (χ0n) is 8.56. The fourth-order valence-corrected chi connectivity index (χ4v) is 1.32. The molecule has 0 N–H and O–H groups in total. The molecule has 1 aromatic carbocycles. The fraction of sp³-hybridized carbons (Fsp3) is 0.250. The summed E-state index contributed by atoms with van der Waals surface area (Å²) in [6.07, 6.45) is 2.63. The van der Waals surface area contributed by atoms with Crippen LogP contribution in [-0.4, -0.2) is 18.4 Å². The van der Waals surface area contributed by atoms with E-state index in [9.17, 15) is 4.79 Å². The van der Waals surface area contributed by atoms with E-state index in [4.69, 9.17) is 0 Å². The Morgan fingerprint density at radius 3 is 2.40 bits per heavy atom. The predicted octanol–water partition coefficient (Wildman–Crippen LogP) is 2.97. The molecule has 0 radical (unpaired) electrons. The molecule has 1 rings (SSSR count). The molecule has 0 heterocycles. The molecule has 1 aromatic rings. The first-order chi connectivity index (χ1) is 7.35. The lowest BCUT2D eigenvalue weighted by molar-refractivity contribution is -0.127. The highest BCUT2D eigenvalue weighted by Gasteiger charge is 1.85. The van der Waals surface area contributed by atoms with Crippen LogP contribution >= 0.6 is 15.9 Å². The largest absolute Gasteiger partial charge is 0.464 e. The van der Waals surface area contributed by atoms with Gasteiger partial charge in [0.05, 0.1) is 0 Å². The standard InChI is InChI=1S/C8H9Br.C4H6O2/c9-7-6-8-4-2-1-3-5-8;1-2-3-6-4-5/h1-5H,6-7H2;2,4H,1,3H2. The van der Waals surface area contributed by atoms with Crippen LogP contribution in [0.3, 0.4) is 0 Å². The van der Waals surface area contributed by atoms with Crippen LogP contribution in [0.25, 0.3) is 0 Å². The number of carbonyl (C=O) groups is 1. The van der Waals surface area contributed by atoms with Crippen LogP contribution in [-0.2, 0) is 16.0 Å². The second-order valence-electron chi connectivity index (χ2n) is 2.64. The van der Waals surface area contributed by atoms with Crippen molar-refractivity contribution in [3.63, 3.8) is 0 Å². The lowest BCUT2D eigenvalue weighted by Gasteiger charge is -1.92. The molecule has 0 aliphatic heterocycles. The summed E-state index contributed by atoms with van der Waals surface area (Å²) >= 11 is 3.39. The number of rotatable bonds is 5. The summed E-state index contributed by atoms with van der Waals surface area (Å²) in [7, 11) is 0. The quantitative estimate of drug-likeness (QED) is 0.356. The van der Waals surface area contributed by atoms with Crippen LogP contribution in [0.2, 0.25) is 0 Å². The number of halogens is 1. The average Bonchev–Trinajstić information content (AvgIpc) is 2.29. The number of hydrogen-bond acceptors (Lipinski definition) is 2. The normalized spacial score (nSPS) is 8.33. The van der Waals surface area contributed by atoms with Gasteiger partial charge in [-0.2, -0.15) is 0 Å². The van der Waals surface area contributed by atoms with E-state index in [1.165, 1.54) is 11.6 Å². The Bertz CT molecular complexity index is 252. The average molecular weight is 271 g/mol. The van der Waals surface area contributed by atoms with Crippen molar-refractivity contribution < 1.29 is 9.53 Å². The highest BCUT2D eigenvalue weighted by atomic mass is 79.9. The highest BCUT2D eigenvalue weighted by molar-refractivity contribution is 9.09. The van der Waals surface area contributed by atoms with Crippen LogP contribution in [0.15, 0.2) is 43.0 Å². The van der Waals surface area contributed by atoms with Gasteiger partial charge >= 0.3 is 0 Å². The van der Waals surface area contributed by atoms with E-state index in [1.54, 1.807) is 0 Å². The second kappa shape index (κ2) is 11.0. The minimum atomic E-state index is 0.309. The molecule has 0 amide bonds. The number of alkyl halides is 1. The van der Waals surface area contributed by atoms with Gasteiger partial charge in [-0.25, -0.2) is 0 Å². The second-order valence-corrected chi connectivity index (χ2v) is 3.44. The summed E-state index contributed by atoms with van der Waals surface area (Å²) in [4.78, 5) is 9.29. The van der Waals surface area contributed by atoms with Crippen LogP contribution in [0.1, 0.15) is 5.56 Å². The van der Waals surface area contributed by atoms with E-state index in [2.05, 4.69) is 51.5 Å². The van der Waals surface area contributed by atoms with Gasteiger partial charge in [-0.1, -0.05) is 58.9 Å². The Balaban J connectivity index is 0.000000288. The van der Waals surface area contributed by atoms with Crippen molar-refractivity contribution in [3.05, 3.63) is 48.6 Å². The first kappa shape index (κ1) is 13.9. The van der Waals surface area contributed by atoms with E-state index in [1.807, 2.05) is 6.07 Å². The van der Waals surface area contributed by atoms with Gasteiger partial charge in [0.25, 0.3) is 6.47 Å². The minimum Gasteiger partial charge on any atom is -0.464 e. The van der Waals surface area contributed by atoms with Crippen LogP contribution in [0.5, 0.6) is 0 Å². The number of benzene rings is 1. The molecule has 0 spiro atoms. The number of ether oxygens (including phenoxy) is 1. The number of hydrogen-bond donors (Lipinski definition) is 0. The zero-order valence-corrected chi connectivity index (χ0v) is 10.2. The molecule has 0 unspecified atom stereocenters. The molecule has 0 bridgehead atoms. The van der Waals surface area contributed by atoms with Crippen LogP contribution in [0.4, 0.5) is 0 Å². The van der Waals surface area contributed by atoms with Gasteiger partial charge in [0.1, 0.15) is 6.61 Å². The predicted molar refractivity (Wildman–Crippen MR) is 66.2 cm³/mol. The fourth-order valence-electron chi connectivity index (χ4n) is 0.861. The molecule has 0 aliphatic rings. The molecule has 0 saturated carbocycles. The Labute approximate surface area is 99.1 Å². The zero-order chi connectivity index (χ0) is 11.4. The van der Waals surface area contributed by atoms with E-state index < -0.39 is 0 Å². The number of carbonyl (C=O) groups excluding carboxylic acids is 1. The molecule has 2 nitrogen and oxygen atoms in total. The Kier molecular flexibility index (Phi) is 10.2. The van der Waals surface area contributed by atoms with Gasteiger partial charge in [-0.3, -0.25) is 4.79 Å². The minimum absolute atomic E-state index is 0.309. The Hall–Kier alpha value is -1.09. The van der Waals surface area contributed by atoms with Crippen molar-refractivity contribution in [2.75, 3.05) is 11.9 Å². The highest BCUT2D eigenvalue weighted by Crippen LogP contribution is 2.00. The van der Waals surface area contributed by atoms with Crippen molar-refractivity contribution in [1.82, 2.24) is 0 Å². The summed E-state index contributed by atoms with van der Waals surface area (Å²) in [5.74, 6) is 0. The van der Waals surface area contributed by atoms with Gasteiger partial charge in [-0.15, -0.1) is 0 Å².